The number of nitrogens with one attached hydrogen (secondary N) is 1. The first-order valence-electron chi connectivity index (χ1n) is 10.4. The minimum atomic E-state index is -0.467. The van der Waals surface area contributed by atoms with Crippen LogP contribution in [-0.4, -0.2) is 14.9 Å². The average molecular weight is 443 g/mol. The molecule has 0 bridgehead atoms. The normalized spacial score (nSPS) is 10.6. The molecule has 4 rings (SSSR count). The molecule has 0 saturated heterocycles. The number of hydrogen-bond donors (Lipinski definition) is 1. The zero-order valence-electron chi connectivity index (χ0n) is 17.8. The van der Waals surface area contributed by atoms with E-state index in [1.54, 1.807) is 12.1 Å². The van der Waals surface area contributed by atoms with E-state index in [-0.39, 0.29) is 29.7 Å². The number of aromatic nitrogens is 2. The maximum atomic E-state index is 13.2. The van der Waals surface area contributed by atoms with Crippen molar-refractivity contribution in [2.75, 3.05) is 10.2 Å². The molecular formula is C25H22FN5O2. The van der Waals surface area contributed by atoms with Gasteiger partial charge < -0.3 is 10.2 Å². The van der Waals surface area contributed by atoms with Crippen LogP contribution < -0.4 is 10.2 Å². The third-order valence-electron chi connectivity index (χ3n) is 5.09. The lowest BCUT2D eigenvalue weighted by molar-refractivity contribution is -0.383. The Morgan fingerprint density at radius 1 is 0.818 bits per heavy atom. The van der Waals surface area contributed by atoms with Gasteiger partial charge in [0.25, 0.3) is 0 Å². The first-order valence-corrected chi connectivity index (χ1v) is 10.4. The number of nitro groups is 1. The maximum absolute atomic E-state index is 13.2. The average Bonchev–Trinajstić information content (AvgIpc) is 2.84. The third-order valence-corrected chi connectivity index (χ3v) is 5.09. The summed E-state index contributed by atoms with van der Waals surface area (Å²) in [5.74, 6) is -0.00345. The van der Waals surface area contributed by atoms with Gasteiger partial charge >= 0.3 is 5.69 Å². The second-order valence-corrected chi connectivity index (χ2v) is 7.46. The molecule has 0 fully saturated rings. The molecule has 4 aromatic rings. The molecule has 0 aliphatic carbocycles. The molecule has 1 heterocycles. The molecule has 0 atom stereocenters. The number of nitrogens with zero attached hydrogens (tertiary/aromatic N) is 4. The van der Waals surface area contributed by atoms with Gasteiger partial charge in [-0.25, -0.2) is 14.4 Å². The Balaban J connectivity index is 1.68. The van der Waals surface area contributed by atoms with Crippen LogP contribution in [0.2, 0.25) is 0 Å². The Morgan fingerprint density at radius 3 is 1.94 bits per heavy atom. The Kier molecular flexibility index (Phi) is 6.84. The van der Waals surface area contributed by atoms with Crippen LogP contribution in [0.15, 0.2) is 91.3 Å². The van der Waals surface area contributed by atoms with Gasteiger partial charge in [0.2, 0.25) is 11.6 Å². The molecule has 33 heavy (non-hydrogen) atoms. The Hall–Kier alpha value is -4.33. The van der Waals surface area contributed by atoms with Crippen molar-refractivity contribution in [2.24, 2.45) is 0 Å². The predicted molar refractivity (Wildman–Crippen MR) is 125 cm³/mol. The Bertz CT molecular complexity index is 1160. The van der Waals surface area contributed by atoms with Crippen molar-refractivity contribution in [1.82, 2.24) is 9.97 Å². The molecular weight excluding hydrogens is 421 g/mol. The van der Waals surface area contributed by atoms with Crippen LogP contribution in [-0.2, 0) is 19.6 Å². The molecule has 1 N–H and O–H groups in total. The molecule has 3 aromatic carbocycles. The van der Waals surface area contributed by atoms with Crippen molar-refractivity contribution in [3.63, 3.8) is 0 Å². The van der Waals surface area contributed by atoms with Gasteiger partial charge in [0.1, 0.15) is 12.1 Å². The second-order valence-electron chi connectivity index (χ2n) is 7.46. The SMILES string of the molecule is O=[N+]([O-])c1c(NCc2ccc(F)cc2)ncnc1N(Cc1ccccc1)Cc1ccccc1. The molecule has 0 aliphatic rings. The van der Waals surface area contributed by atoms with E-state index >= 15 is 0 Å². The predicted octanol–water partition coefficient (Wildman–Crippen LogP) is 5.34. The first-order chi connectivity index (χ1) is 16.1. The lowest BCUT2D eigenvalue weighted by Gasteiger charge is -2.24. The summed E-state index contributed by atoms with van der Waals surface area (Å²) in [7, 11) is 0. The highest BCUT2D eigenvalue weighted by Gasteiger charge is 2.27. The number of anilines is 2. The first kappa shape index (κ1) is 21.9. The molecule has 0 aliphatic heterocycles. The fourth-order valence-corrected chi connectivity index (χ4v) is 3.50. The molecule has 8 heteroatoms. The zero-order valence-corrected chi connectivity index (χ0v) is 17.8. The number of rotatable bonds is 9. The smallest absolute Gasteiger partial charge is 0.353 e. The van der Waals surface area contributed by atoms with Crippen LogP contribution in [0.4, 0.5) is 21.7 Å². The molecule has 0 spiro atoms. The van der Waals surface area contributed by atoms with Crippen LogP contribution in [0.25, 0.3) is 0 Å². The van der Waals surface area contributed by atoms with Crippen molar-refractivity contribution in [3.8, 4) is 0 Å². The van der Waals surface area contributed by atoms with E-state index in [2.05, 4.69) is 15.3 Å². The van der Waals surface area contributed by atoms with Crippen LogP contribution in [0.5, 0.6) is 0 Å². The van der Waals surface area contributed by atoms with E-state index in [0.29, 0.717) is 13.1 Å². The summed E-state index contributed by atoms with van der Waals surface area (Å²) in [6.07, 6.45) is 1.32. The van der Waals surface area contributed by atoms with Gasteiger partial charge in [-0.2, -0.15) is 0 Å². The van der Waals surface area contributed by atoms with Crippen LogP contribution in [0.1, 0.15) is 16.7 Å². The van der Waals surface area contributed by atoms with Crippen molar-refractivity contribution >= 4 is 17.3 Å². The standard InChI is InChI=1S/C25H22FN5O2/c26-22-13-11-19(12-14-22)15-27-24-23(31(32)33)25(29-18-28-24)30(16-20-7-3-1-4-8-20)17-21-9-5-2-6-10-21/h1-14,18H,15-17H2,(H,27,28,29). The van der Waals surface area contributed by atoms with Gasteiger partial charge in [-0.1, -0.05) is 72.8 Å². The van der Waals surface area contributed by atoms with Crippen molar-refractivity contribution in [3.05, 3.63) is 124 Å². The fourth-order valence-electron chi connectivity index (χ4n) is 3.50. The quantitative estimate of drug-likeness (QED) is 0.278. The molecule has 1 aromatic heterocycles. The summed E-state index contributed by atoms with van der Waals surface area (Å²) in [5, 5.41) is 15.1. The molecule has 0 saturated carbocycles. The summed E-state index contributed by atoms with van der Waals surface area (Å²) in [4.78, 5) is 21.9. The molecule has 7 nitrogen and oxygen atoms in total. The van der Waals surface area contributed by atoms with Crippen molar-refractivity contribution < 1.29 is 9.31 Å². The van der Waals surface area contributed by atoms with Gasteiger partial charge in [-0.05, 0) is 28.8 Å². The summed E-state index contributed by atoms with van der Waals surface area (Å²) in [5.41, 5.74) is 2.58. The molecule has 0 amide bonds. The minimum absolute atomic E-state index is 0.112. The largest absolute Gasteiger partial charge is 0.360 e. The van der Waals surface area contributed by atoms with Crippen LogP contribution in [0.3, 0.4) is 0 Å². The maximum Gasteiger partial charge on any atom is 0.353 e. The fraction of sp³-hybridized carbons (Fsp3) is 0.120. The van der Waals surface area contributed by atoms with Crippen LogP contribution >= 0.6 is 0 Å². The number of hydrogen-bond acceptors (Lipinski definition) is 6. The molecule has 0 unspecified atom stereocenters. The topological polar surface area (TPSA) is 84.2 Å². The van der Waals surface area contributed by atoms with E-state index in [1.807, 2.05) is 65.6 Å². The lowest BCUT2D eigenvalue weighted by Crippen LogP contribution is -2.25. The zero-order chi connectivity index (χ0) is 23.0. The highest BCUT2D eigenvalue weighted by Crippen LogP contribution is 2.33. The van der Waals surface area contributed by atoms with Gasteiger partial charge in [-0.3, -0.25) is 10.1 Å². The third kappa shape index (κ3) is 5.68. The monoisotopic (exact) mass is 443 g/mol. The number of benzene rings is 3. The summed E-state index contributed by atoms with van der Waals surface area (Å²) < 4.78 is 13.2. The van der Waals surface area contributed by atoms with Gasteiger partial charge in [-0.15, -0.1) is 0 Å². The van der Waals surface area contributed by atoms with Crippen LogP contribution in [0, 0.1) is 15.9 Å². The molecule has 166 valence electrons. The Labute approximate surface area is 190 Å². The van der Waals surface area contributed by atoms with E-state index in [0.717, 1.165) is 16.7 Å². The molecule has 0 radical (unpaired) electrons. The van der Waals surface area contributed by atoms with E-state index in [4.69, 9.17) is 0 Å². The highest BCUT2D eigenvalue weighted by atomic mass is 19.1. The van der Waals surface area contributed by atoms with Crippen molar-refractivity contribution in [2.45, 2.75) is 19.6 Å². The lowest BCUT2D eigenvalue weighted by atomic mass is 10.1. The minimum Gasteiger partial charge on any atom is -0.360 e. The summed E-state index contributed by atoms with van der Waals surface area (Å²) >= 11 is 0. The second kappa shape index (κ2) is 10.3. The summed E-state index contributed by atoms with van der Waals surface area (Å²) in [6.45, 7) is 1.13. The highest BCUT2D eigenvalue weighted by molar-refractivity contribution is 5.70. The van der Waals surface area contributed by atoms with Gasteiger partial charge in [0.05, 0.1) is 4.92 Å². The number of halogens is 1. The summed E-state index contributed by atoms with van der Waals surface area (Å²) in [6, 6.07) is 25.4. The van der Waals surface area contributed by atoms with E-state index < -0.39 is 4.92 Å². The van der Waals surface area contributed by atoms with E-state index in [1.165, 1.54) is 18.5 Å². The Morgan fingerprint density at radius 2 is 1.39 bits per heavy atom. The van der Waals surface area contributed by atoms with Crippen molar-refractivity contribution in [1.29, 1.82) is 0 Å². The van der Waals surface area contributed by atoms with Gasteiger partial charge in [0, 0.05) is 19.6 Å². The van der Waals surface area contributed by atoms with Gasteiger partial charge in [0.15, 0.2) is 0 Å². The van der Waals surface area contributed by atoms with E-state index in [9.17, 15) is 14.5 Å².